The summed E-state index contributed by atoms with van der Waals surface area (Å²) in [4.78, 5) is 0. The molecule has 2 heteroatoms. The summed E-state index contributed by atoms with van der Waals surface area (Å²) in [6, 6.07) is 0. The predicted octanol–water partition coefficient (Wildman–Crippen LogP) is 4.45. The maximum Gasteiger partial charge on any atom is 0.0547 e. The Morgan fingerprint density at radius 3 is 2.50 bits per heavy atom. The van der Waals surface area contributed by atoms with Crippen LogP contribution in [0.25, 0.3) is 0 Å². The van der Waals surface area contributed by atoms with E-state index in [1.807, 2.05) is 5.38 Å². The first-order valence-electron chi connectivity index (χ1n) is 4.59. The molecular weight excluding hydrogens is 188 g/mol. The van der Waals surface area contributed by atoms with E-state index in [0.717, 1.165) is 10.9 Å². The lowest BCUT2D eigenvalue weighted by Gasteiger charge is -2.20. The normalized spacial score (nSPS) is 19.8. The molecule has 1 aromatic rings. The van der Waals surface area contributed by atoms with Crippen molar-refractivity contribution in [2.45, 2.75) is 38.0 Å². The minimum Gasteiger partial charge on any atom is -0.151 e. The van der Waals surface area contributed by atoms with Crippen LogP contribution >= 0.6 is 22.9 Å². The van der Waals surface area contributed by atoms with Crippen LogP contribution in [0.3, 0.4) is 0 Å². The quantitative estimate of drug-likeness (QED) is 0.629. The van der Waals surface area contributed by atoms with E-state index >= 15 is 0 Å². The molecule has 1 aromatic heterocycles. The number of hydrogen-bond donors (Lipinski definition) is 0. The molecule has 1 aliphatic carbocycles. The third kappa shape index (κ3) is 1.67. The lowest BCUT2D eigenvalue weighted by atomic mass is 9.85. The molecule has 1 saturated carbocycles. The molecule has 0 aromatic carbocycles. The van der Waals surface area contributed by atoms with Gasteiger partial charge >= 0.3 is 0 Å². The van der Waals surface area contributed by atoms with Crippen LogP contribution in [0.15, 0.2) is 10.8 Å². The zero-order chi connectivity index (χ0) is 8.39. The van der Waals surface area contributed by atoms with Gasteiger partial charge in [0.1, 0.15) is 0 Å². The molecule has 1 aliphatic rings. The first-order valence-corrected chi connectivity index (χ1v) is 5.91. The average Bonchev–Trinajstić information content (AvgIpc) is 2.53. The first-order chi connectivity index (χ1) is 5.88. The minimum absolute atomic E-state index is 0.762. The van der Waals surface area contributed by atoms with Crippen molar-refractivity contribution in [1.29, 1.82) is 0 Å². The van der Waals surface area contributed by atoms with Crippen LogP contribution in [-0.4, -0.2) is 0 Å². The van der Waals surface area contributed by atoms with Crippen molar-refractivity contribution in [2.75, 3.05) is 0 Å². The number of hydrogen-bond acceptors (Lipinski definition) is 1. The summed E-state index contributed by atoms with van der Waals surface area (Å²) < 4.78 is 0. The van der Waals surface area contributed by atoms with E-state index in [9.17, 15) is 0 Å². The van der Waals surface area contributed by atoms with Gasteiger partial charge < -0.3 is 0 Å². The Balaban J connectivity index is 2.13. The van der Waals surface area contributed by atoms with Gasteiger partial charge in [-0.25, -0.2) is 0 Å². The Bertz CT molecular complexity index is 248. The summed E-state index contributed by atoms with van der Waals surface area (Å²) >= 11 is 7.81. The molecule has 2 rings (SSSR count). The highest BCUT2D eigenvalue weighted by Gasteiger charge is 2.17. The van der Waals surface area contributed by atoms with Crippen molar-refractivity contribution in [3.63, 3.8) is 0 Å². The van der Waals surface area contributed by atoms with Crippen LogP contribution < -0.4 is 0 Å². The molecule has 1 fully saturated rings. The monoisotopic (exact) mass is 200 g/mol. The Morgan fingerprint density at radius 1 is 1.17 bits per heavy atom. The van der Waals surface area contributed by atoms with Crippen molar-refractivity contribution in [1.82, 2.24) is 0 Å². The second-order valence-electron chi connectivity index (χ2n) is 3.51. The third-order valence-corrected chi connectivity index (χ3v) is 3.91. The van der Waals surface area contributed by atoms with E-state index in [2.05, 4.69) is 5.38 Å². The lowest BCUT2D eigenvalue weighted by molar-refractivity contribution is 0.444. The third-order valence-electron chi connectivity index (χ3n) is 2.69. The number of rotatable bonds is 1. The average molecular weight is 201 g/mol. The summed E-state index contributed by atoms with van der Waals surface area (Å²) in [6.07, 6.45) is 6.87. The van der Waals surface area contributed by atoms with E-state index in [1.54, 1.807) is 11.3 Å². The molecule has 0 amide bonds. The Morgan fingerprint density at radius 2 is 1.92 bits per heavy atom. The smallest absolute Gasteiger partial charge is 0.0547 e. The molecule has 0 saturated heterocycles. The fourth-order valence-corrected chi connectivity index (χ4v) is 3.21. The lowest BCUT2D eigenvalue weighted by Crippen LogP contribution is -2.03. The maximum absolute atomic E-state index is 6.08. The molecule has 0 radical (unpaired) electrons. The minimum atomic E-state index is 0.762. The molecule has 0 spiro atoms. The molecule has 66 valence electrons. The van der Waals surface area contributed by atoms with Crippen molar-refractivity contribution < 1.29 is 0 Å². The van der Waals surface area contributed by atoms with E-state index < -0.39 is 0 Å². The molecule has 0 bridgehead atoms. The predicted molar refractivity (Wildman–Crippen MR) is 55.2 cm³/mol. The zero-order valence-corrected chi connectivity index (χ0v) is 8.63. The molecule has 12 heavy (non-hydrogen) atoms. The van der Waals surface area contributed by atoms with Gasteiger partial charge in [-0.15, -0.1) is 0 Å². The van der Waals surface area contributed by atoms with Gasteiger partial charge in [0.15, 0.2) is 0 Å². The van der Waals surface area contributed by atoms with Gasteiger partial charge in [0.2, 0.25) is 0 Å². The Hall–Kier alpha value is -0.0100. The van der Waals surface area contributed by atoms with E-state index in [0.29, 0.717) is 0 Å². The molecular formula is C10H13ClS. The summed E-state index contributed by atoms with van der Waals surface area (Å²) in [6.45, 7) is 0. The van der Waals surface area contributed by atoms with Gasteiger partial charge in [0.05, 0.1) is 5.02 Å². The van der Waals surface area contributed by atoms with Gasteiger partial charge in [-0.1, -0.05) is 30.9 Å². The van der Waals surface area contributed by atoms with Crippen molar-refractivity contribution in [3.05, 3.63) is 21.3 Å². The standard InChI is InChI=1S/C10H13ClS/c11-10-7-12-6-9(10)8-4-2-1-3-5-8/h6-8H,1-5H2. The van der Waals surface area contributed by atoms with Crippen LogP contribution in [0, 0.1) is 0 Å². The Labute approximate surface area is 82.6 Å². The molecule has 0 atom stereocenters. The van der Waals surface area contributed by atoms with Crippen LogP contribution in [0.2, 0.25) is 5.02 Å². The topological polar surface area (TPSA) is 0 Å². The second kappa shape index (κ2) is 3.80. The number of halogens is 1. The van der Waals surface area contributed by atoms with Crippen LogP contribution in [-0.2, 0) is 0 Å². The van der Waals surface area contributed by atoms with E-state index in [4.69, 9.17) is 11.6 Å². The van der Waals surface area contributed by atoms with Gasteiger partial charge in [-0.3, -0.25) is 0 Å². The molecule has 1 heterocycles. The van der Waals surface area contributed by atoms with Crippen LogP contribution in [0.4, 0.5) is 0 Å². The van der Waals surface area contributed by atoms with Gasteiger partial charge in [0, 0.05) is 5.38 Å². The largest absolute Gasteiger partial charge is 0.151 e. The Kier molecular flexibility index (Phi) is 2.72. The zero-order valence-electron chi connectivity index (χ0n) is 7.05. The van der Waals surface area contributed by atoms with E-state index in [1.165, 1.54) is 37.7 Å². The van der Waals surface area contributed by atoms with Crippen molar-refractivity contribution >= 4 is 22.9 Å². The maximum atomic E-state index is 6.08. The van der Waals surface area contributed by atoms with E-state index in [-0.39, 0.29) is 0 Å². The molecule has 0 nitrogen and oxygen atoms in total. The van der Waals surface area contributed by atoms with Crippen LogP contribution in [0.1, 0.15) is 43.6 Å². The summed E-state index contributed by atoms with van der Waals surface area (Å²) in [5.74, 6) is 0.762. The summed E-state index contributed by atoms with van der Waals surface area (Å²) in [7, 11) is 0. The fraction of sp³-hybridized carbons (Fsp3) is 0.600. The highest BCUT2D eigenvalue weighted by molar-refractivity contribution is 7.08. The second-order valence-corrected chi connectivity index (χ2v) is 4.66. The van der Waals surface area contributed by atoms with Crippen LogP contribution in [0.5, 0.6) is 0 Å². The molecule has 0 N–H and O–H groups in total. The first kappa shape index (κ1) is 8.58. The highest BCUT2D eigenvalue weighted by atomic mass is 35.5. The van der Waals surface area contributed by atoms with Gasteiger partial charge in [0.25, 0.3) is 0 Å². The SMILES string of the molecule is Clc1cscc1C1CCCCC1. The highest BCUT2D eigenvalue weighted by Crippen LogP contribution is 2.37. The molecule has 0 unspecified atom stereocenters. The van der Waals surface area contributed by atoms with Crippen molar-refractivity contribution in [3.8, 4) is 0 Å². The van der Waals surface area contributed by atoms with Gasteiger partial charge in [-0.2, -0.15) is 11.3 Å². The fourth-order valence-electron chi connectivity index (χ4n) is 2.00. The van der Waals surface area contributed by atoms with Crippen molar-refractivity contribution in [2.24, 2.45) is 0 Å². The summed E-state index contributed by atoms with van der Waals surface area (Å²) in [5, 5.41) is 5.26. The number of thiophene rings is 1. The summed E-state index contributed by atoms with van der Waals surface area (Å²) in [5.41, 5.74) is 1.40. The van der Waals surface area contributed by atoms with Gasteiger partial charge in [-0.05, 0) is 29.7 Å². The molecule has 0 aliphatic heterocycles.